The van der Waals surface area contributed by atoms with E-state index in [0.29, 0.717) is 58.4 Å². The summed E-state index contributed by atoms with van der Waals surface area (Å²) in [5.41, 5.74) is 3.58. The van der Waals surface area contributed by atoms with Gasteiger partial charge < -0.3 is 28.1 Å². The summed E-state index contributed by atoms with van der Waals surface area (Å²) in [6.45, 7) is 1.83. The summed E-state index contributed by atoms with van der Waals surface area (Å²) in [5.74, 6) is 3.28. The highest BCUT2D eigenvalue weighted by Crippen LogP contribution is 2.35. The number of ether oxygens (including phenoxy) is 5. The minimum atomic E-state index is -0.112. The molecule has 37 heavy (non-hydrogen) atoms. The van der Waals surface area contributed by atoms with Crippen LogP contribution in [0.15, 0.2) is 64.0 Å². The minimum Gasteiger partial charge on any atom is -0.493 e. The zero-order valence-corrected chi connectivity index (χ0v) is 21.3. The van der Waals surface area contributed by atoms with E-state index in [-0.39, 0.29) is 5.43 Å². The van der Waals surface area contributed by atoms with E-state index in [2.05, 4.69) is 4.90 Å². The molecule has 192 valence electrons. The first-order chi connectivity index (χ1) is 18.1. The molecule has 0 aliphatic carbocycles. The van der Waals surface area contributed by atoms with Crippen LogP contribution in [0.4, 0.5) is 0 Å². The standard InChI is InChI=1S/C29H29NO7/c1-32-24-8-5-18(13-26(24)34-3)11-12-30-15-21-23(37-17-30)10-7-20-28(31)22(16-36-29(20)21)19-6-9-25(33-2)27(14-19)35-4/h5-10,13-14,16H,11-12,15,17H2,1-4H3. The molecule has 0 bridgehead atoms. The molecule has 0 saturated heterocycles. The largest absolute Gasteiger partial charge is 0.493 e. The first kappa shape index (κ1) is 24.5. The molecule has 1 aliphatic heterocycles. The van der Waals surface area contributed by atoms with Crippen LogP contribution in [0.5, 0.6) is 28.7 Å². The molecular formula is C29H29NO7. The molecule has 0 N–H and O–H groups in total. The number of fused-ring (bicyclic) bond motifs is 3. The van der Waals surface area contributed by atoms with Crippen LogP contribution in [-0.4, -0.2) is 46.6 Å². The lowest BCUT2D eigenvalue weighted by atomic mass is 10.0. The molecule has 2 heterocycles. The fourth-order valence-electron chi connectivity index (χ4n) is 4.62. The van der Waals surface area contributed by atoms with Crippen molar-refractivity contribution in [3.8, 4) is 39.9 Å². The van der Waals surface area contributed by atoms with E-state index in [4.69, 9.17) is 28.1 Å². The molecule has 8 heteroatoms. The molecule has 0 radical (unpaired) electrons. The van der Waals surface area contributed by atoms with Gasteiger partial charge in [0.25, 0.3) is 0 Å². The lowest BCUT2D eigenvalue weighted by Gasteiger charge is -2.29. The maximum Gasteiger partial charge on any atom is 0.200 e. The molecule has 8 nitrogen and oxygen atoms in total. The smallest absolute Gasteiger partial charge is 0.200 e. The van der Waals surface area contributed by atoms with E-state index in [0.717, 1.165) is 29.8 Å². The lowest BCUT2D eigenvalue weighted by Crippen LogP contribution is -2.33. The van der Waals surface area contributed by atoms with E-state index in [1.807, 2.05) is 30.3 Å². The number of hydrogen-bond donors (Lipinski definition) is 0. The topological polar surface area (TPSA) is 79.6 Å². The third-order valence-corrected chi connectivity index (χ3v) is 6.64. The quantitative estimate of drug-likeness (QED) is 0.336. The van der Waals surface area contributed by atoms with Crippen LogP contribution in [0.25, 0.3) is 22.1 Å². The Labute approximate surface area is 214 Å². The molecule has 0 atom stereocenters. The third kappa shape index (κ3) is 4.68. The van der Waals surface area contributed by atoms with E-state index < -0.39 is 0 Å². The van der Waals surface area contributed by atoms with E-state index >= 15 is 0 Å². The molecule has 3 aromatic carbocycles. The Hall–Kier alpha value is -4.17. The van der Waals surface area contributed by atoms with Crippen molar-refractivity contribution in [1.82, 2.24) is 4.90 Å². The summed E-state index contributed by atoms with van der Waals surface area (Å²) < 4.78 is 33.5. The average molecular weight is 504 g/mol. The number of hydrogen-bond acceptors (Lipinski definition) is 8. The molecule has 1 aromatic heterocycles. The molecule has 0 amide bonds. The Bertz CT molecular complexity index is 1490. The Kier molecular flexibility index (Phi) is 6.92. The second-order valence-electron chi connectivity index (χ2n) is 8.73. The first-order valence-corrected chi connectivity index (χ1v) is 11.9. The number of benzene rings is 3. The average Bonchev–Trinajstić information content (AvgIpc) is 2.95. The SMILES string of the molecule is COc1ccc(CCN2COc3ccc4c(=O)c(-c5ccc(OC)c(OC)c5)coc4c3C2)cc1OC. The van der Waals surface area contributed by atoms with E-state index in [9.17, 15) is 4.79 Å². The Morgan fingerprint density at radius 1 is 0.838 bits per heavy atom. The van der Waals surface area contributed by atoms with Crippen molar-refractivity contribution in [2.75, 3.05) is 41.7 Å². The predicted molar refractivity (Wildman–Crippen MR) is 140 cm³/mol. The number of nitrogens with zero attached hydrogens (tertiary/aromatic N) is 1. The summed E-state index contributed by atoms with van der Waals surface area (Å²) in [6, 6.07) is 14.9. The molecule has 0 saturated carbocycles. The zero-order chi connectivity index (χ0) is 25.9. The first-order valence-electron chi connectivity index (χ1n) is 11.9. The molecule has 5 rings (SSSR count). The van der Waals surface area contributed by atoms with Crippen LogP contribution in [0.3, 0.4) is 0 Å². The van der Waals surface area contributed by atoms with Crippen molar-refractivity contribution >= 4 is 11.0 Å². The van der Waals surface area contributed by atoms with Crippen molar-refractivity contribution < 1.29 is 28.1 Å². The van der Waals surface area contributed by atoms with Crippen LogP contribution in [0.2, 0.25) is 0 Å². The maximum atomic E-state index is 13.5. The molecular weight excluding hydrogens is 474 g/mol. The van der Waals surface area contributed by atoms with Gasteiger partial charge in [-0.05, 0) is 53.9 Å². The van der Waals surface area contributed by atoms with Crippen molar-refractivity contribution in [2.24, 2.45) is 0 Å². The molecule has 0 fully saturated rings. The van der Waals surface area contributed by atoms with Gasteiger partial charge in [-0.3, -0.25) is 9.69 Å². The van der Waals surface area contributed by atoms with Crippen LogP contribution in [0.1, 0.15) is 11.1 Å². The lowest BCUT2D eigenvalue weighted by molar-refractivity contribution is 0.0968. The Balaban J connectivity index is 1.40. The zero-order valence-electron chi connectivity index (χ0n) is 21.3. The fourth-order valence-corrected chi connectivity index (χ4v) is 4.62. The summed E-state index contributed by atoms with van der Waals surface area (Å²) in [4.78, 5) is 15.6. The highest BCUT2D eigenvalue weighted by molar-refractivity contribution is 5.86. The molecule has 1 aliphatic rings. The third-order valence-electron chi connectivity index (χ3n) is 6.64. The van der Waals surface area contributed by atoms with Gasteiger partial charge in [-0.1, -0.05) is 12.1 Å². The van der Waals surface area contributed by atoms with Gasteiger partial charge in [-0.25, -0.2) is 0 Å². The van der Waals surface area contributed by atoms with Crippen LogP contribution >= 0.6 is 0 Å². The van der Waals surface area contributed by atoms with Gasteiger partial charge in [-0.15, -0.1) is 0 Å². The van der Waals surface area contributed by atoms with Crippen molar-refractivity contribution in [3.05, 3.63) is 76.1 Å². The fraction of sp³-hybridized carbons (Fsp3) is 0.276. The molecule has 0 unspecified atom stereocenters. The molecule has 0 spiro atoms. The van der Waals surface area contributed by atoms with E-state index in [1.165, 1.54) is 6.26 Å². The predicted octanol–water partition coefficient (Wildman–Crippen LogP) is 4.89. The molecule has 4 aromatic rings. The normalized spacial score (nSPS) is 13.1. The monoisotopic (exact) mass is 503 g/mol. The van der Waals surface area contributed by atoms with Crippen LogP contribution < -0.4 is 29.1 Å². The summed E-state index contributed by atoms with van der Waals surface area (Å²) in [7, 11) is 6.39. The van der Waals surface area contributed by atoms with E-state index in [1.54, 1.807) is 46.6 Å². The van der Waals surface area contributed by atoms with Crippen molar-refractivity contribution in [1.29, 1.82) is 0 Å². The van der Waals surface area contributed by atoms with Gasteiger partial charge in [-0.2, -0.15) is 0 Å². The summed E-state index contributed by atoms with van der Waals surface area (Å²) >= 11 is 0. The summed E-state index contributed by atoms with van der Waals surface area (Å²) in [5, 5.41) is 0.511. The van der Waals surface area contributed by atoms with Crippen molar-refractivity contribution in [2.45, 2.75) is 13.0 Å². The van der Waals surface area contributed by atoms with Gasteiger partial charge in [0.05, 0.1) is 45.0 Å². The van der Waals surface area contributed by atoms with Gasteiger partial charge in [0.2, 0.25) is 5.43 Å². The highest BCUT2D eigenvalue weighted by Gasteiger charge is 2.23. The minimum absolute atomic E-state index is 0.112. The van der Waals surface area contributed by atoms with Gasteiger partial charge >= 0.3 is 0 Å². The van der Waals surface area contributed by atoms with Crippen molar-refractivity contribution in [3.63, 3.8) is 0 Å². The summed E-state index contributed by atoms with van der Waals surface area (Å²) in [6.07, 6.45) is 2.31. The number of rotatable bonds is 8. The van der Waals surface area contributed by atoms with Gasteiger partial charge in [0.1, 0.15) is 24.3 Å². The van der Waals surface area contributed by atoms with Crippen LogP contribution in [-0.2, 0) is 13.0 Å². The second kappa shape index (κ2) is 10.4. The van der Waals surface area contributed by atoms with Crippen LogP contribution in [0, 0.1) is 0 Å². The van der Waals surface area contributed by atoms with Gasteiger partial charge in [0, 0.05) is 13.1 Å². The highest BCUT2D eigenvalue weighted by atomic mass is 16.5. The number of methoxy groups -OCH3 is 4. The van der Waals surface area contributed by atoms with Gasteiger partial charge in [0.15, 0.2) is 23.0 Å². The Morgan fingerprint density at radius 2 is 1.54 bits per heavy atom. The Morgan fingerprint density at radius 3 is 2.27 bits per heavy atom. The second-order valence-corrected chi connectivity index (χ2v) is 8.73. The maximum absolute atomic E-state index is 13.5.